The number of carboxylic acids is 1. The lowest BCUT2D eigenvalue weighted by molar-refractivity contribution is -0.235. The summed E-state index contributed by atoms with van der Waals surface area (Å²) in [6.45, 7) is 25.8. The second-order valence-corrected chi connectivity index (χ2v) is 20.0. The summed E-state index contributed by atoms with van der Waals surface area (Å²) in [6.07, 6.45) is 7.33. The Bertz CT molecular complexity index is 1380. The number of carbonyl (C=O) groups is 3. The van der Waals surface area contributed by atoms with E-state index >= 15 is 0 Å². The Labute approximate surface area is 302 Å². The van der Waals surface area contributed by atoms with Crippen molar-refractivity contribution >= 4 is 17.7 Å². The highest BCUT2D eigenvalue weighted by Crippen LogP contribution is 2.77. The molecule has 0 heterocycles. The van der Waals surface area contributed by atoms with E-state index in [1.54, 1.807) is 13.8 Å². The van der Waals surface area contributed by atoms with Gasteiger partial charge >= 0.3 is 11.9 Å². The molecule has 8 heteroatoms. The quantitative estimate of drug-likeness (QED) is 0.190. The Balaban J connectivity index is 1.46. The van der Waals surface area contributed by atoms with E-state index < -0.39 is 28.9 Å². The van der Waals surface area contributed by atoms with E-state index in [0.717, 1.165) is 63.5 Å². The molecule has 0 spiro atoms. The van der Waals surface area contributed by atoms with Gasteiger partial charge < -0.3 is 20.7 Å². The summed E-state index contributed by atoms with van der Waals surface area (Å²) in [5.74, 6) is 0.102. The van der Waals surface area contributed by atoms with Crippen LogP contribution in [0, 0.1) is 56.2 Å². The number of Topliss-reactive ketones (excluding diaryl/α,β-unsaturated/α-hetero) is 1. The lowest BCUT2D eigenvalue weighted by Gasteiger charge is -2.72. The Morgan fingerprint density at radius 3 is 2.18 bits per heavy atom. The number of nitrogens with zero attached hydrogens (tertiary/aromatic N) is 1. The fourth-order valence-corrected chi connectivity index (χ4v) is 13.0. The number of hydrogen-bond donors (Lipinski definition) is 3. The Hall–Kier alpha value is -1.77. The number of hydrogen-bond acceptors (Lipinski definition) is 7. The first-order chi connectivity index (χ1) is 23.0. The molecule has 0 radical (unpaired) electrons. The molecule has 5 aliphatic carbocycles. The van der Waals surface area contributed by atoms with E-state index in [9.17, 15) is 24.6 Å². The van der Waals surface area contributed by atoms with Crippen molar-refractivity contribution in [3.05, 3.63) is 11.1 Å². The van der Waals surface area contributed by atoms with E-state index in [-0.39, 0.29) is 57.8 Å². The Morgan fingerprint density at radius 2 is 1.60 bits per heavy atom. The first-order valence-electron chi connectivity index (χ1n) is 19.9. The molecule has 50 heavy (non-hydrogen) atoms. The van der Waals surface area contributed by atoms with Crippen LogP contribution in [0.3, 0.4) is 0 Å². The third kappa shape index (κ3) is 5.94. The van der Waals surface area contributed by atoms with Crippen LogP contribution in [0.4, 0.5) is 0 Å². The van der Waals surface area contributed by atoms with Crippen LogP contribution in [0.25, 0.3) is 0 Å². The average Bonchev–Trinajstić information content (AvgIpc) is 3.31. The molecule has 4 fully saturated rings. The standard InChI is InChI=1S/C42H70N2O6/c1-25(2)34-28(45)22-42(31(46)24-44(21-20-43)26(3)4)19-18-40(10)27(35(34)42)12-13-30-39(9)16-15-32(50-33(47)23-37(5,6)36(48)49)38(7,8)29(39)14-17-41(30,40)11/h25-27,29-32,46H,12-24,43H2,1-11H3,(H,48,49)/t27-,29?,30?,31+,32+,39?,40-,41-,42+/m1/s1. The number of aliphatic hydroxyl groups is 1. The van der Waals surface area contributed by atoms with Gasteiger partial charge in [0.2, 0.25) is 0 Å². The van der Waals surface area contributed by atoms with E-state index in [0.29, 0.717) is 31.3 Å². The highest BCUT2D eigenvalue weighted by atomic mass is 16.5. The van der Waals surface area contributed by atoms with Crippen LogP contribution in [-0.4, -0.2) is 70.7 Å². The van der Waals surface area contributed by atoms with Gasteiger partial charge in [-0.15, -0.1) is 0 Å². The molecule has 3 unspecified atom stereocenters. The number of ether oxygens (including phenoxy) is 1. The lowest BCUT2D eigenvalue weighted by Crippen LogP contribution is -2.66. The first-order valence-corrected chi connectivity index (χ1v) is 19.9. The van der Waals surface area contributed by atoms with Crippen LogP contribution in [0.2, 0.25) is 0 Å². The Morgan fingerprint density at radius 1 is 0.940 bits per heavy atom. The van der Waals surface area contributed by atoms with Gasteiger partial charge in [0.25, 0.3) is 0 Å². The van der Waals surface area contributed by atoms with Gasteiger partial charge in [-0.2, -0.15) is 0 Å². The van der Waals surface area contributed by atoms with Crippen molar-refractivity contribution in [1.29, 1.82) is 0 Å². The number of ketones is 1. The summed E-state index contributed by atoms with van der Waals surface area (Å²) in [5, 5.41) is 21.9. The number of rotatable bonds is 11. The SMILES string of the molecule is CC(C)C1=C2[C@H]3CCC4C5(C)CC[C@H](OC(=O)CC(C)(C)C(=O)O)C(C)(C)C5CC[C@@]4(C)[C@]3(C)CC[C@@]2([C@@H](O)CN(CCN)C(C)C)CC1=O. The summed E-state index contributed by atoms with van der Waals surface area (Å²) in [6, 6.07) is 0.261. The molecule has 0 aromatic heterocycles. The van der Waals surface area contributed by atoms with Crippen molar-refractivity contribution in [3.63, 3.8) is 0 Å². The van der Waals surface area contributed by atoms with Gasteiger partial charge in [-0.1, -0.05) is 54.0 Å². The van der Waals surface area contributed by atoms with E-state index in [4.69, 9.17) is 10.5 Å². The number of fused-ring (bicyclic) bond motifs is 7. The van der Waals surface area contributed by atoms with E-state index in [1.807, 2.05) is 0 Å². The summed E-state index contributed by atoms with van der Waals surface area (Å²) in [4.78, 5) is 41.1. The maximum absolute atomic E-state index is 14.0. The highest BCUT2D eigenvalue weighted by Gasteiger charge is 2.70. The zero-order valence-electron chi connectivity index (χ0n) is 33.3. The largest absolute Gasteiger partial charge is 0.481 e. The van der Waals surface area contributed by atoms with Gasteiger partial charge in [-0.25, -0.2) is 0 Å². The molecule has 5 rings (SSSR count). The molecular formula is C42H70N2O6. The molecular weight excluding hydrogens is 628 g/mol. The summed E-state index contributed by atoms with van der Waals surface area (Å²) < 4.78 is 6.16. The predicted octanol–water partition coefficient (Wildman–Crippen LogP) is 7.41. The van der Waals surface area contributed by atoms with Crippen molar-refractivity contribution in [1.82, 2.24) is 4.90 Å². The molecule has 5 aliphatic rings. The van der Waals surface area contributed by atoms with Crippen LogP contribution >= 0.6 is 0 Å². The number of esters is 1. The van der Waals surface area contributed by atoms with Crippen LogP contribution in [-0.2, 0) is 19.1 Å². The second kappa shape index (κ2) is 13.3. The van der Waals surface area contributed by atoms with Crippen molar-refractivity contribution in [3.8, 4) is 0 Å². The minimum atomic E-state index is -1.16. The molecule has 4 saturated carbocycles. The molecule has 8 nitrogen and oxygen atoms in total. The second-order valence-electron chi connectivity index (χ2n) is 20.0. The third-order valence-corrected chi connectivity index (χ3v) is 16.1. The van der Waals surface area contributed by atoms with Crippen LogP contribution in [0.1, 0.15) is 140 Å². The molecule has 284 valence electrons. The summed E-state index contributed by atoms with van der Waals surface area (Å²) >= 11 is 0. The minimum absolute atomic E-state index is 0.00191. The number of allylic oxidation sites excluding steroid dienone is 1. The molecule has 0 aromatic rings. The molecule has 0 aromatic carbocycles. The molecule has 0 aliphatic heterocycles. The van der Waals surface area contributed by atoms with Gasteiger partial charge in [-0.05, 0) is 125 Å². The zero-order valence-corrected chi connectivity index (χ0v) is 33.3. The molecule has 0 amide bonds. The number of carbonyl (C=O) groups excluding carboxylic acids is 2. The van der Waals surface area contributed by atoms with E-state index in [1.165, 1.54) is 5.57 Å². The van der Waals surface area contributed by atoms with Crippen molar-refractivity contribution in [2.45, 2.75) is 159 Å². The topological polar surface area (TPSA) is 130 Å². The first kappa shape index (κ1) is 39.4. The van der Waals surface area contributed by atoms with Crippen molar-refractivity contribution in [2.24, 2.45) is 61.9 Å². The smallest absolute Gasteiger partial charge is 0.309 e. The number of aliphatic hydroxyl groups excluding tert-OH is 1. The van der Waals surface area contributed by atoms with Gasteiger partial charge in [0.1, 0.15) is 6.10 Å². The van der Waals surface area contributed by atoms with Gasteiger partial charge in [0, 0.05) is 42.9 Å². The molecule has 0 saturated heterocycles. The van der Waals surface area contributed by atoms with Crippen molar-refractivity contribution in [2.75, 3.05) is 19.6 Å². The van der Waals surface area contributed by atoms with Gasteiger partial charge in [0.05, 0.1) is 17.9 Å². The fourth-order valence-electron chi connectivity index (χ4n) is 13.0. The van der Waals surface area contributed by atoms with Gasteiger partial charge in [0.15, 0.2) is 5.78 Å². The monoisotopic (exact) mass is 699 g/mol. The lowest BCUT2D eigenvalue weighted by atomic mass is 9.33. The normalized spacial score (nSPS) is 38.8. The predicted molar refractivity (Wildman–Crippen MR) is 197 cm³/mol. The summed E-state index contributed by atoms with van der Waals surface area (Å²) in [5.41, 5.74) is 6.54. The number of nitrogens with two attached hydrogens (primary N) is 1. The maximum atomic E-state index is 14.0. The van der Waals surface area contributed by atoms with Crippen LogP contribution in [0.15, 0.2) is 11.1 Å². The van der Waals surface area contributed by atoms with Crippen molar-refractivity contribution < 1.29 is 29.3 Å². The number of carboxylic acid groups (broad SMARTS) is 1. The van der Waals surface area contributed by atoms with Crippen LogP contribution < -0.4 is 5.73 Å². The molecule has 4 N–H and O–H groups in total. The Kier molecular flexibility index (Phi) is 10.5. The third-order valence-electron chi connectivity index (χ3n) is 16.1. The zero-order chi connectivity index (χ0) is 37.4. The van der Waals surface area contributed by atoms with E-state index in [2.05, 4.69) is 67.2 Å². The fraction of sp³-hybridized carbons (Fsp3) is 0.881. The minimum Gasteiger partial charge on any atom is -0.481 e. The highest BCUT2D eigenvalue weighted by molar-refractivity contribution is 6.00. The summed E-state index contributed by atoms with van der Waals surface area (Å²) in [7, 11) is 0. The molecule has 0 bridgehead atoms. The maximum Gasteiger partial charge on any atom is 0.309 e. The van der Waals surface area contributed by atoms with Gasteiger partial charge in [-0.3, -0.25) is 19.3 Å². The average molecular weight is 699 g/mol. The molecule has 9 atom stereocenters. The number of aliphatic carboxylic acids is 1. The van der Waals surface area contributed by atoms with Crippen LogP contribution in [0.5, 0.6) is 0 Å².